The zero-order chi connectivity index (χ0) is 35.4. The summed E-state index contributed by atoms with van der Waals surface area (Å²) in [7, 11) is 3.41. The first-order chi connectivity index (χ1) is 24.0. The number of amides is 2. The number of aryl methyl sites for hydroxylation is 1. The Labute approximate surface area is 290 Å². The van der Waals surface area contributed by atoms with Gasteiger partial charge in [0.15, 0.2) is 0 Å². The van der Waals surface area contributed by atoms with Gasteiger partial charge in [0.25, 0.3) is 5.91 Å². The Morgan fingerprint density at radius 1 is 1.02 bits per heavy atom. The first kappa shape index (κ1) is 35.9. The lowest BCUT2D eigenvalue weighted by Crippen LogP contribution is -2.52. The van der Waals surface area contributed by atoms with Gasteiger partial charge in [-0.15, -0.1) is 0 Å². The van der Waals surface area contributed by atoms with Crippen molar-refractivity contribution in [3.8, 4) is 5.75 Å². The molecule has 3 aliphatic rings. The number of halogens is 3. The molecule has 2 saturated heterocycles. The van der Waals surface area contributed by atoms with Crippen LogP contribution in [0.1, 0.15) is 48.0 Å². The van der Waals surface area contributed by atoms with Crippen LogP contribution >= 0.6 is 0 Å². The van der Waals surface area contributed by atoms with Crippen molar-refractivity contribution in [1.29, 1.82) is 0 Å². The second-order valence-electron chi connectivity index (χ2n) is 13.9. The molecule has 0 bridgehead atoms. The summed E-state index contributed by atoms with van der Waals surface area (Å²) in [6.07, 6.45) is 2.62. The predicted octanol–water partition coefficient (Wildman–Crippen LogP) is 4.91. The third-order valence-corrected chi connectivity index (χ3v) is 10.5. The molecule has 1 N–H and O–H groups in total. The van der Waals surface area contributed by atoms with Gasteiger partial charge in [0, 0.05) is 68.8 Å². The molecular weight excluding hydrogens is 651 g/mol. The summed E-state index contributed by atoms with van der Waals surface area (Å²) in [6, 6.07) is 12.8. The van der Waals surface area contributed by atoms with Crippen molar-refractivity contribution < 1.29 is 37.0 Å². The number of piperazine rings is 1. The van der Waals surface area contributed by atoms with Gasteiger partial charge < -0.3 is 29.1 Å². The van der Waals surface area contributed by atoms with Crippen molar-refractivity contribution in [3.05, 3.63) is 59.8 Å². The average molecular weight is 698 g/mol. The van der Waals surface area contributed by atoms with Crippen molar-refractivity contribution in [3.63, 3.8) is 0 Å². The molecule has 2 amide bonds. The standard InChI is InChI=1S/C37H46F3N5O5/c1-42-21-31(30-5-3-4-6-33(30)42)36(48)41-32-12-9-26(17-34(32)49-2)18-35(47)45-20-27(44-15-13-43(14-16-44)24-37(38,39)40)19-28(45)23-50-29-10-7-25(22-46)8-11-29/h3-6,9,12,17,21-22,25,27-29H,7-8,10-11,13-16,18-20,23-24H2,1-2H3,(H,41,48)/t25-,27-,28-,29-/m0/s1. The first-order valence-electron chi connectivity index (χ1n) is 17.4. The fourth-order valence-corrected chi connectivity index (χ4v) is 7.74. The second kappa shape index (κ2) is 15.5. The van der Waals surface area contributed by atoms with Crippen LogP contribution in [0, 0.1) is 5.92 Å². The van der Waals surface area contributed by atoms with Crippen molar-refractivity contribution in [2.45, 2.75) is 62.9 Å². The van der Waals surface area contributed by atoms with E-state index in [4.69, 9.17) is 9.47 Å². The molecule has 0 radical (unpaired) electrons. The molecule has 3 heterocycles. The number of para-hydroxylation sites is 1. The number of methoxy groups -OCH3 is 1. The molecule has 1 aromatic heterocycles. The molecular formula is C37H46F3N5O5. The van der Waals surface area contributed by atoms with Gasteiger partial charge in [-0.25, -0.2) is 0 Å². The molecule has 50 heavy (non-hydrogen) atoms. The maximum atomic E-state index is 13.9. The molecule has 3 aromatic rings. The van der Waals surface area contributed by atoms with Crippen LogP contribution in [0.3, 0.4) is 0 Å². The number of aromatic nitrogens is 1. The number of alkyl halides is 3. The third-order valence-electron chi connectivity index (χ3n) is 10.5. The van der Waals surface area contributed by atoms with Gasteiger partial charge in [-0.1, -0.05) is 24.3 Å². The number of carbonyl (C=O) groups excluding carboxylic acids is 3. The quantitative estimate of drug-likeness (QED) is 0.285. The maximum Gasteiger partial charge on any atom is 0.401 e. The molecule has 6 rings (SSSR count). The summed E-state index contributed by atoms with van der Waals surface area (Å²) in [5.41, 5.74) is 2.70. The molecule has 270 valence electrons. The van der Waals surface area contributed by atoms with E-state index in [-0.39, 0.29) is 42.3 Å². The first-order valence-corrected chi connectivity index (χ1v) is 17.4. The van der Waals surface area contributed by atoms with Crippen LogP contribution in [0.15, 0.2) is 48.7 Å². The predicted molar refractivity (Wildman–Crippen MR) is 183 cm³/mol. The fourth-order valence-electron chi connectivity index (χ4n) is 7.74. The number of hydrogen-bond donors (Lipinski definition) is 1. The Balaban J connectivity index is 1.12. The second-order valence-corrected chi connectivity index (χ2v) is 13.9. The van der Waals surface area contributed by atoms with Crippen LogP contribution in [0.5, 0.6) is 5.75 Å². The fraction of sp³-hybridized carbons (Fsp3) is 0.541. The normalized spacial score (nSPS) is 23.7. The number of aldehydes is 1. The van der Waals surface area contributed by atoms with Crippen LogP contribution < -0.4 is 10.1 Å². The van der Waals surface area contributed by atoms with E-state index >= 15 is 0 Å². The molecule has 3 fully saturated rings. The summed E-state index contributed by atoms with van der Waals surface area (Å²) in [5.74, 6) is 0.172. The summed E-state index contributed by atoms with van der Waals surface area (Å²) < 4.78 is 52.8. The third kappa shape index (κ3) is 8.50. The minimum Gasteiger partial charge on any atom is -0.495 e. The lowest BCUT2D eigenvalue weighted by Gasteiger charge is -2.38. The molecule has 0 spiro atoms. The largest absolute Gasteiger partial charge is 0.495 e. The molecule has 0 unspecified atom stereocenters. The molecule has 2 aliphatic heterocycles. The summed E-state index contributed by atoms with van der Waals surface area (Å²) in [5, 5.41) is 3.80. The highest BCUT2D eigenvalue weighted by Crippen LogP contribution is 2.31. The Morgan fingerprint density at radius 3 is 2.46 bits per heavy atom. The number of benzene rings is 2. The molecule has 13 heteroatoms. The van der Waals surface area contributed by atoms with E-state index in [0.717, 1.165) is 48.4 Å². The number of ether oxygens (including phenoxy) is 2. The topological polar surface area (TPSA) is 96.3 Å². The van der Waals surface area contributed by atoms with Crippen LogP contribution in [0.25, 0.3) is 10.9 Å². The van der Waals surface area contributed by atoms with Crippen molar-refractivity contribution >= 4 is 34.7 Å². The maximum absolute atomic E-state index is 13.9. The molecule has 2 atom stereocenters. The highest BCUT2D eigenvalue weighted by molar-refractivity contribution is 6.13. The van der Waals surface area contributed by atoms with Gasteiger partial charge in [0.2, 0.25) is 5.91 Å². The van der Waals surface area contributed by atoms with Crippen molar-refractivity contribution in [1.82, 2.24) is 19.3 Å². The highest BCUT2D eigenvalue weighted by atomic mass is 19.4. The van der Waals surface area contributed by atoms with Gasteiger partial charge >= 0.3 is 6.18 Å². The number of carbonyl (C=O) groups is 3. The van der Waals surface area contributed by atoms with Crippen LogP contribution in [-0.4, -0.2) is 115 Å². The van der Waals surface area contributed by atoms with Crippen LogP contribution in [0.4, 0.5) is 18.9 Å². The number of fused-ring (bicyclic) bond motifs is 1. The number of nitrogens with zero attached hydrogens (tertiary/aromatic N) is 4. The summed E-state index contributed by atoms with van der Waals surface area (Å²) in [6.45, 7) is 1.61. The van der Waals surface area contributed by atoms with Crippen molar-refractivity contribution in [2.75, 3.05) is 58.3 Å². The molecule has 1 saturated carbocycles. The Morgan fingerprint density at radius 2 is 1.76 bits per heavy atom. The number of likely N-dealkylation sites (tertiary alicyclic amines) is 1. The molecule has 2 aromatic carbocycles. The lowest BCUT2D eigenvalue weighted by molar-refractivity contribution is -0.150. The monoisotopic (exact) mass is 697 g/mol. The van der Waals surface area contributed by atoms with Gasteiger partial charge in [0.1, 0.15) is 12.0 Å². The SMILES string of the molecule is COc1cc(CC(=O)N2C[C@@H](N3CCN(CC(F)(F)F)CC3)C[C@H]2CO[C@H]2CC[C@H](C=O)CC2)ccc1NC(=O)c1cn(C)c2ccccc12. The minimum atomic E-state index is -4.23. The smallest absolute Gasteiger partial charge is 0.401 e. The van der Waals surface area contributed by atoms with Gasteiger partial charge in [-0.3, -0.25) is 19.4 Å². The number of nitrogens with one attached hydrogen (secondary N) is 1. The van der Waals surface area contributed by atoms with E-state index in [0.29, 0.717) is 62.8 Å². The van der Waals surface area contributed by atoms with E-state index in [1.807, 2.05) is 46.8 Å². The molecule has 1 aliphatic carbocycles. The van der Waals surface area contributed by atoms with Gasteiger partial charge in [-0.2, -0.15) is 13.2 Å². The zero-order valence-electron chi connectivity index (χ0n) is 28.7. The minimum absolute atomic E-state index is 0.0209. The highest BCUT2D eigenvalue weighted by Gasteiger charge is 2.40. The Bertz CT molecular complexity index is 1660. The van der Waals surface area contributed by atoms with E-state index in [1.54, 1.807) is 18.3 Å². The number of hydrogen-bond acceptors (Lipinski definition) is 7. The average Bonchev–Trinajstić information content (AvgIpc) is 3.69. The summed E-state index contributed by atoms with van der Waals surface area (Å²) >= 11 is 0. The zero-order valence-corrected chi connectivity index (χ0v) is 28.7. The Hall–Kier alpha value is -3.94. The van der Waals surface area contributed by atoms with E-state index in [2.05, 4.69) is 10.2 Å². The molecule has 10 nitrogen and oxygen atoms in total. The van der Waals surface area contributed by atoms with E-state index < -0.39 is 12.7 Å². The van der Waals surface area contributed by atoms with Gasteiger partial charge in [0.05, 0.1) is 50.1 Å². The van der Waals surface area contributed by atoms with E-state index in [1.165, 1.54) is 12.0 Å². The van der Waals surface area contributed by atoms with Gasteiger partial charge in [-0.05, 0) is 55.9 Å². The lowest BCUT2D eigenvalue weighted by atomic mass is 9.88. The van der Waals surface area contributed by atoms with Crippen LogP contribution in [-0.2, 0) is 27.8 Å². The Kier molecular flexibility index (Phi) is 11.1. The summed E-state index contributed by atoms with van der Waals surface area (Å²) in [4.78, 5) is 44.0. The number of rotatable bonds is 11. The van der Waals surface area contributed by atoms with Crippen molar-refractivity contribution in [2.24, 2.45) is 13.0 Å². The van der Waals surface area contributed by atoms with Crippen LogP contribution in [0.2, 0.25) is 0 Å². The number of anilines is 1. The van der Waals surface area contributed by atoms with E-state index in [9.17, 15) is 27.6 Å².